The standard InChI is InChI=1S/C27H23N4/c1-15-11-19-18-9-7-8-10-21(18)31-22-13-17(27(3,4)28-5)12-20-24(22)26(30(6)14-29-20)23(16(15)2)25(19)31/h7-14H,1-4,6H3/q+1. The normalized spacial score (nSPS) is 12.6. The van der Waals surface area contributed by atoms with Crippen molar-refractivity contribution < 1.29 is 4.57 Å². The van der Waals surface area contributed by atoms with Crippen molar-refractivity contribution in [2.45, 2.75) is 33.2 Å². The van der Waals surface area contributed by atoms with Gasteiger partial charge in [-0.3, -0.25) is 0 Å². The van der Waals surface area contributed by atoms with Crippen molar-refractivity contribution >= 4 is 49.1 Å². The third-order valence-corrected chi connectivity index (χ3v) is 7.00. The molecule has 150 valence electrons. The average Bonchev–Trinajstić information content (AvgIpc) is 3.09. The summed E-state index contributed by atoms with van der Waals surface area (Å²) >= 11 is 0. The highest BCUT2D eigenvalue weighted by molar-refractivity contribution is 6.25. The highest BCUT2D eigenvalue weighted by atomic mass is 15.0. The molecule has 0 radical (unpaired) electrons. The zero-order valence-electron chi connectivity index (χ0n) is 18.4. The van der Waals surface area contributed by atoms with E-state index in [-0.39, 0.29) is 0 Å². The molecule has 0 N–H and O–H groups in total. The molecule has 0 bridgehead atoms. The van der Waals surface area contributed by atoms with E-state index in [0.717, 1.165) is 22.0 Å². The fraction of sp³-hybridized carbons (Fsp3) is 0.222. The molecule has 4 heteroatoms. The van der Waals surface area contributed by atoms with Gasteiger partial charge < -0.3 is 9.25 Å². The van der Waals surface area contributed by atoms with Crippen LogP contribution >= 0.6 is 0 Å². The van der Waals surface area contributed by atoms with E-state index in [1.54, 1.807) is 0 Å². The quantitative estimate of drug-likeness (QED) is 0.143. The molecule has 31 heavy (non-hydrogen) atoms. The Bertz CT molecular complexity index is 1750. The highest BCUT2D eigenvalue weighted by Gasteiger charge is 2.31. The van der Waals surface area contributed by atoms with E-state index in [1.165, 1.54) is 43.8 Å². The van der Waals surface area contributed by atoms with Gasteiger partial charge in [-0.2, -0.15) is 0 Å². The molecule has 0 aliphatic rings. The smallest absolute Gasteiger partial charge is 0.287 e. The van der Waals surface area contributed by atoms with Gasteiger partial charge >= 0.3 is 0 Å². The molecule has 0 unspecified atom stereocenters. The molecule has 0 saturated carbocycles. The van der Waals surface area contributed by atoms with E-state index in [1.807, 2.05) is 20.2 Å². The van der Waals surface area contributed by atoms with Gasteiger partial charge in [-0.25, -0.2) is 11.1 Å². The fourth-order valence-corrected chi connectivity index (χ4v) is 5.13. The number of rotatable bonds is 1. The maximum absolute atomic E-state index is 7.75. The summed E-state index contributed by atoms with van der Waals surface area (Å²) in [7, 11) is 2.08. The summed E-state index contributed by atoms with van der Waals surface area (Å²) in [6.07, 6.45) is 1.90. The Labute approximate surface area is 180 Å². The predicted octanol–water partition coefficient (Wildman–Crippen LogP) is 5.98. The van der Waals surface area contributed by atoms with Gasteiger partial charge in [0.2, 0.25) is 0 Å². The van der Waals surface area contributed by atoms with E-state index in [0.29, 0.717) is 0 Å². The van der Waals surface area contributed by atoms with Gasteiger partial charge in [-0.15, -0.1) is 0 Å². The maximum atomic E-state index is 7.75. The van der Waals surface area contributed by atoms with E-state index in [4.69, 9.17) is 11.6 Å². The second-order valence-electron chi connectivity index (χ2n) is 9.21. The zero-order valence-corrected chi connectivity index (χ0v) is 18.4. The number of aryl methyl sites for hydroxylation is 3. The molecular formula is C27H23N4+. The topological polar surface area (TPSA) is 25.5 Å². The summed E-state index contributed by atoms with van der Waals surface area (Å²) in [5, 5.41) is 4.97. The summed E-state index contributed by atoms with van der Waals surface area (Å²) in [5.41, 5.74) is 8.68. The molecule has 0 amide bonds. The SMILES string of the molecule is [C-]#[N+]C(C)(C)c1cc2nc[n+](C)c3c4c(C)c(C)cc5c6ccccc6n(c(c1)c23)c54. The monoisotopic (exact) mass is 403 g/mol. The Morgan fingerprint density at radius 2 is 1.77 bits per heavy atom. The lowest BCUT2D eigenvalue weighted by atomic mass is 9.92. The van der Waals surface area contributed by atoms with Gasteiger partial charge in [0.1, 0.15) is 5.52 Å². The number of hydrogen-bond donors (Lipinski definition) is 0. The van der Waals surface area contributed by atoms with Crippen molar-refractivity contribution in [3.63, 3.8) is 0 Å². The van der Waals surface area contributed by atoms with Crippen LogP contribution in [-0.2, 0) is 12.6 Å². The van der Waals surface area contributed by atoms with Crippen LogP contribution in [0.5, 0.6) is 0 Å². The van der Waals surface area contributed by atoms with Crippen molar-refractivity contribution in [3.05, 3.63) is 76.9 Å². The lowest BCUT2D eigenvalue weighted by Crippen LogP contribution is -2.30. The number of aromatic nitrogens is 3. The molecule has 3 aromatic heterocycles. The zero-order chi connectivity index (χ0) is 21.7. The van der Waals surface area contributed by atoms with Crippen LogP contribution in [0.4, 0.5) is 0 Å². The second kappa shape index (κ2) is 5.70. The first-order chi connectivity index (χ1) is 14.8. The van der Waals surface area contributed by atoms with Crippen LogP contribution < -0.4 is 4.57 Å². The first-order valence-corrected chi connectivity index (χ1v) is 10.6. The Morgan fingerprint density at radius 1 is 1.00 bits per heavy atom. The number of nitrogens with zero attached hydrogens (tertiary/aromatic N) is 4. The van der Waals surface area contributed by atoms with Crippen molar-refractivity contribution in [1.29, 1.82) is 0 Å². The van der Waals surface area contributed by atoms with Gasteiger partial charge in [-0.05, 0) is 48.2 Å². The largest absolute Gasteiger partial charge is 0.308 e. The number of para-hydroxylation sites is 1. The fourth-order valence-electron chi connectivity index (χ4n) is 5.13. The van der Waals surface area contributed by atoms with E-state index >= 15 is 0 Å². The van der Waals surface area contributed by atoms with Crippen LogP contribution in [0.1, 0.15) is 30.5 Å². The minimum atomic E-state index is -0.615. The van der Waals surface area contributed by atoms with Crippen molar-refractivity contribution in [2.24, 2.45) is 7.05 Å². The number of benzene rings is 3. The molecule has 6 rings (SSSR count). The highest BCUT2D eigenvalue weighted by Crippen LogP contribution is 2.42. The second-order valence-corrected chi connectivity index (χ2v) is 9.21. The third kappa shape index (κ3) is 2.13. The molecule has 0 aliphatic heterocycles. The summed E-state index contributed by atoms with van der Waals surface area (Å²) in [6, 6.07) is 15.3. The Morgan fingerprint density at radius 3 is 2.55 bits per heavy atom. The summed E-state index contributed by atoms with van der Waals surface area (Å²) in [6.45, 7) is 16.1. The van der Waals surface area contributed by atoms with E-state index in [2.05, 4.69) is 77.2 Å². The number of hydrogen-bond acceptors (Lipinski definition) is 1. The molecular weight excluding hydrogens is 380 g/mol. The van der Waals surface area contributed by atoms with Crippen LogP contribution in [0.2, 0.25) is 0 Å². The molecule has 3 aromatic carbocycles. The number of pyridine rings is 1. The van der Waals surface area contributed by atoms with E-state index in [9.17, 15) is 0 Å². The number of fused-ring (bicyclic) bond motifs is 5. The van der Waals surface area contributed by atoms with Gasteiger partial charge in [0.05, 0.1) is 34.4 Å². The first-order valence-electron chi connectivity index (χ1n) is 10.6. The Kier molecular flexibility index (Phi) is 3.33. The van der Waals surface area contributed by atoms with Crippen molar-refractivity contribution in [3.8, 4) is 0 Å². The lowest BCUT2D eigenvalue weighted by molar-refractivity contribution is -0.646. The summed E-state index contributed by atoms with van der Waals surface area (Å²) < 4.78 is 4.54. The maximum Gasteiger partial charge on any atom is 0.287 e. The van der Waals surface area contributed by atoms with Crippen LogP contribution in [-0.4, -0.2) is 9.38 Å². The minimum absolute atomic E-state index is 0.615. The predicted molar refractivity (Wildman–Crippen MR) is 127 cm³/mol. The molecule has 0 fully saturated rings. The van der Waals surface area contributed by atoms with E-state index < -0.39 is 5.54 Å². The molecule has 4 nitrogen and oxygen atoms in total. The molecule has 3 heterocycles. The third-order valence-electron chi connectivity index (χ3n) is 7.00. The van der Waals surface area contributed by atoms with Crippen LogP contribution in [0.25, 0.3) is 54.0 Å². The Hall–Kier alpha value is -3.71. The average molecular weight is 404 g/mol. The van der Waals surface area contributed by atoms with Crippen LogP contribution in [0.15, 0.2) is 48.8 Å². The van der Waals surface area contributed by atoms with Crippen molar-refractivity contribution in [1.82, 2.24) is 9.38 Å². The van der Waals surface area contributed by atoms with Gasteiger partial charge in [0.15, 0.2) is 5.52 Å². The Balaban J connectivity index is 2.06. The summed E-state index contributed by atoms with van der Waals surface area (Å²) in [5.74, 6) is 0. The minimum Gasteiger partial charge on any atom is -0.308 e. The van der Waals surface area contributed by atoms with Crippen LogP contribution in [0, 0.1) is 20.4 Å². The first kappa shape index (κ1) is 18.1. The summed E-state index contributed by atoms with van der Waals surface area (Å²) in [4.78, 5) is 8.70. The molecule has 0 saturated heterocycles. The molecule has 0 spiro atoms. The lowest BCUT2D eigenvalue weighted by Gasteiger charge is -2.17. The van der Waals surface area contributed by atoms with Gasteiger partial charge in [0.25, 0.3) is 11.9 Å². The van der Waals surface area contributed by atoms with Crippen molar-refractivity contribution in [2.75, 3.05) is 0 Å². The van der Waals surface area contributed by atoms with Gasteiger partial charge in [0, 0.05) is 36.2 Å². The molecule has 6 aromatic rings. The molecule has 0 atom stereocenters. The molecule has 0 aliphatic carbocycles. The van der Waals surface area contributed by atoms with Crippen LogP contribution in [0.3, 0.4) is 0 Å². The van der Waals surface area contributed by atoms with Gasteiger partial charge in [-0.1, -0.05) is 18.2 Å².